The van der Waals surface area contributed by atoms with Crippen LogP contribution in [0.1, 0.15) is 36.8 Å². The second kappa shape index (κ2) is 5.93. The zero-order chi connectivity index (χ0) is 13.8. The summed E-state index contributed by atoms with van der Waals surface area (Å²) < 4.78 is 5.16. The number of hydrogen-bond acceptors (Lipinski definition) is 5. The predicted molar refractivity (Wildman–Crippen MR) is 71.6 cm³/mol. The summed E-state index contributed by atoms with van der Waals surface area (Å²) in [4.78, 5) is 8.62. The quantitative estimate of drug-likeness (QED) is 0.895. The van der Waals surface area contributed by atoms with Gasteiger partial charge in [-0.3, -0.25) is 4.98 Å². The summed E-state index contributed by atoms with van der Waals surface area (Å²) in [5.41, 5.74) is 2.84. The molecule has 2 aromatic rings. The molecule has 0 aliphatic heterocycles. The Morgan fingerprint density at radius 3 is 2.84 bits per heavy atom. The van der Waals surface area contributed by atoms with Crippen LogP contribution in [-0.4, -0.2) is 26.3 Å². The largest absolute Gasteiger partial charge is 0.393 e. The average molecular weight is 261 g/mol. The molecule has 1 unspecified atom stereocenters. The number of pyridine rings is 1. The number of rotatable bonds is 5. The molecule has 2 aromatic heterocycles. The van der Waals surface area contributed by atoms with Gasteiger partial charge in [0.1, 0.15) is 5.69 Å². The first kappa shape index (κ1) is 13.7. The highest BCUT2D eigenvalue weighted by molar-refractivity contribution is 5.53. The van der Waals surface area contributed by atoms with Crippen LogP contribution in [-0.2, 0) is 6.42 Å². The zero-order valence-corrected chi connectivity index (χ0v) is 11.6. The van der Waals surface area contributed by atoms with E-state index in [1.165, 1.54) is 0 Å². The molecule has 0 saturated heterocycles. The van der Waals surface area contributed by atoms with Crippen LogP contribution in [0, 0.1) is 13.8 Å². The van der Waals surface area contributed by atoms with Gasteiger partial charge in [-0.15, -0.1) is 0 Å². The third-order valence-electron chi connectivity index (χ3n) is 2.93. The van der Waals surface area contributed by atoms with E-state index in [9.17, 15) is 5.11 Å². The van der Waals surface area contributed by atoms with Crippen LogP contribution < -0.4 is 0 Å². The lowest BCUT2D eigenvalue weighted by molar-refractivity contribution is 0.152. The maximum Gasteiger partial charge on any atom is 0.229 e. The minimum absolute atomic E-state index is 0.395. The number of nitrogens with zero attached hydrogens (tertiary/aromatic N) is 3. The van der Waals surface area contributed by atoms with Crippen molar-refractivity contribution in [2.75, 3.05) is 0 Å². The van der Waals surface area contributed by atoms with Gasteiger partial charge in [0.05, 0.1) is 12.5 Å². The van der Waals surface area contributed by atoms with Crippen LogP contribution in [0.2, 0.25) is 0 Å². The molecule has 19 heavy (non-hydrogen) atoms. The van der Waals surface area contributed by atoms with Gasteiger partial charge in [-0.2, -0.15) is 4.98 Å². The van der Waals surface area contributed by atoms with Crippen molar-refractivity contribution in [1.29, 1.82) is 0 Å². The van der Waals surface area contributed by atoms with Crippen molar-refractivity contribution in [2.45, 2.75) is 46.1 Å². The lowest BCUT2D eigenvalue weighted by Crippen LogP contribution is -2.09. The van der Waals surface area contributed by atoms with Gasteiger partial charge in [-0.05, 0) is 31.4 Å². The topological polar surface area (TPSA) is 72.0 Å². The molecular formula is C14H19N3O2. The Morgan fingerprint density at radius 1 is 1.37 bits per heavy atom. The lowest BCUT2D eigenvalue weighted by atomic mass is 10.1. The van der Waals surface area contributed by atoms with Gasteiger partial charge in [0.15, 0.2) is 0 Å². The Hall–Kier alpha value is -1.75. The molecule has 0 saturated carbocycles. The molecule has 2 rings (SSSR count). The molecule has 5 nitrogen and oxygen atoms in total. The molecule has 0 fully saturated rings. The Kier molecular flexibility index (Phi) is 4.27. The number of aliphatic hydroxyl groups excluding tert-OH is 1. The summed E-state index contributed by atoms with van der Waals surface area (Å²) in [5, 5.41) is 13.7. The maximum atomic E-state index is 9.73. The summed E-state index contributed by atoms with van der Waals surface area (Å²) in [6, 6.07) is 2.03. The fraction of sp³-hybridized carbons (Fsp3) is 0.500. The van der Waals surface area contributed by atoms with Crippen LogP contribution in [0.4, 0.5) is 0 Å². The summed E-state index contributed by atoms with van der Waals surface area (Å²) in [6.07, 6.45) is 3.42. The van der Waals surface area contributed by atoms with Crippen molar-refractivity contribution < 1.29 is 9.63 Å². The summed E-state index contributed by atoms with van der Waals surface area (Å²) >= 11 is 0. The van der Waals surface area contributed by atoms with Crippen molar-refractivity contribution in [2.24, 2.45) is 0 Å². The molecule has 102 valence electrons. The lowest BCUT2D eigenvalue weighted by Gasteiger charge is -2.04. The molecule has 0 amide bonds. The van der Waals surface area contributed by atoms with Gasteiger partial charge >= 0.3 is 0 Å². The highest BCUT2D eigenvalue weighted by Gasteiger charge is 2.14. The fourth-order valence-electron chi connectivity index (χ4n) is 2.02. The van der Waals surface area contributed by atoms with E-state index in [1.807, 2.05) is 26.8 Å². The van der Waals surface area contributed by atoms with E-state index in [-0.39, 0.29) is 0 Å². The average Bonchev–Trinajstić information content (AvgIpc) is 2.77. The Bertz CT molecular complexity index is 551. The van der Waals surface area contributed by atoms with Crippen LogP contribution in [0.25, 0.3) is 11.5 Å². The standard InChI is InChI=1S/C14H19N3O2/c1-4-5-11(18)7-12-16-14(17-19-12)13-10(3)6-9(2)8-15-13/h6,8,11,18H,4-5,7H2,1-3H3. The van der Waals surface area contributed by atoms with Crippen LogP contribution in [0.3, 0.4) is 0 Å². The molecule has 0 spiro atoms. The van der Waals surface area contributed by atoms with E-state index in [2.05, 4.69) is 15.1 Å². The van der Waals surface area contributed by atoms with Gasteiger partial charge in [-0.25, -0.2) is 0 Å². The molecule has 5 heteroatoms. The van der Waals surface area contributed by atoms with Crippen LogP contribution >= 0.6 is 0 Å². The van der Waals surface area contributed by atoms with Crippen molar-refractivity contribution in [3.63, 3.8) is 0 Å². The third-order valence-corrected chi connectivity index (χ3v) is 2.93. The minimum Gasteiger partial charge on any atom is -0.393 e. The molecule has 0 aromatic carbocycles. The second-order valence-corrected chi connectivity index (χ2v) is 4.84. The van der Waals surface area contributed by atoms with E-state index in [1.54, 1.807) is 6.20 Å². The van der Waals surface area contributed by atoms with Gasteiger partial charge < -0.3 is 9.63 Å². The Labute approximate surface area is 112 Å². The van der Waals surface area contributed by atoms with E-state index in [0.29, 0.717) is 18.1 Å². The molecule has 0 bridgehead atoms. The van der Waals surface area contributed by atoms with E-state index < -0.39 is 6.10 Å². The minimum atomic E-state index is -0.426. The molecular weight excluding hydrogens is 242 g/mol. The highest BCUT2D eigenvalue weighted by Crippen LogP contribution is 2.19. The van der Waals surface area contributed by atoms with Gasteiger partial charge in [0, 0.05) is 6.20 Å². The van der Waals surface area contributed by atoms with Crippen LogP contribution in [0.5, 0.6) is 0 Å². The summed E-state index contributed by atoms with van der Waals surface area (Å²) in [7, 11) is 0. The number of hydrogen-bond donors (Lipinski definition) is 1. The zero-order valence-electron chi connectivity index (χ0n) is 11.6. The molecule has 0 aliphatic rings. The van der Waals surface area contributed by atoms with Crippen molar-refractivity contribution in [3.05, 3.63) is 29.3 Å². The highest BCUT2D eigenvalue weighted by atomic mass is 16.5. The smallest absolute Gasteiger partial charge is 0.229 e. The van der Waals surface area contributed by atoms with Gasteiger partial charge in [-0.1, -0.05) is 24.6 Å². The third kappa shape index (κ3) is 3.38. The normalized spacial score (nSPS) is 12.6. The van der Waals surface area contributed by atoms with E-state index in [0.717, 1.165) is 29.7 Å². The molecule has 1 atom stereocenters. The number of aryl methyl sites for hydroxylation is 2. The fourth-order valence-corrected chi connectivity index (χ4v) is 2.02. The van der Waals surface area contributed by atoms with Gasteiger partial charge in [0.25, 0.3) is 0 Å². The van der Waals surface area contributed by atoms with Crippen molar-refractivity contribution >= 4 is 0 Å². The second-order valence-electron chi connectivity index (χ2n) is 4.84. The van der Waals surface area contributed by atoms with Gasteiger partial charge in [0.2, 0.25) is 11.7 Å². The molecule has 0 aliphatic carbocycles. The van der Waals surface area contributed by atoms with E-state index in [4.69, 9.17) is 4.52 Å². The molecule has 1 N–H and O–H groups in total. The molecule has 0 radical (unpaired) electrons. The Morgan fingerprint density at radius 2 is 2.16 bits per heavy atom. The monoisotopic (exact) mass is 261 g/mol. The number of aliphatic hydroxyl groups is 1. The maximum absolute atomic E-state index is 9.73. The SMILES string of the molecule is CCCC(O)Cc1nc(-c2ncc(C)cc2C)no1. The van der Waals surface area contributed by atoms with Crippen LogP contribution in [0.15, 0.2) is 16.8 Å². The van der Waals surface area contributed by atoms with Crippen molar-refractivity contribution in [3.8, 4) is 11.5 Å². The summed E-state index contributed by atoms with van der Waals surface area (Å²) in [6.45, 7) is 5.99. The first-order valence-corrected chi connectivity index (χ1v) is 6.54. The van der Waals surface area contributed by atoms with E-state index >= 15 is 0 Å². The first-order chi connectivity index (χ1) is 9.10. The predicted octanol–water partition coefficient (Wildman–Crippen LogP) is 2.45. The summed E-state index contributed by atoms with van der Waals surface area (Å²) in [5.74, 6) is 0.939. The Balaban J connectivity index is 2.16. The first-order valence-electron chi connectivity index (χ1n) is 6.54. The number of aromatic nitrogens is 3. The molecule has 2 heterocycles. The van der Waals surface area contributed by atoms with Crippen molar-refractivity contribution in [1.82, 2.24) is 15.1 Å².